The van der Waals surface area contributed by atoms with Crippen molar-refractivity contribution in [3.05, 3.63) is 17.9 Å². The fraction of sp³-hybridized carbons (Fsp3) is 0.556. The zero-order chi connectivity index (χ0) is 8.69. The summed E-state index contributed by atoms with van der Waals surface area (Å²) in [5.41, 5.74) is 3.13. The van der Waals surface area contributed by atoms with Gasteiger partial charge in [0.25, 0.3) is 0 Å². The Hall–Kier alpha value is -1.01. The first kappa shape index (κ1) is 9.99. The van der Waals surface area contributed by atoms with Gasteiger partial charge in [-0.2, -0.15) is 0 Å². The quantitative estimate of drug-likeness (QED) is 0.352. The molecular weight excluding hydrogens is 140 g/mol. The Morgan fingerprint density at radius 1 is 1.64 bits per heavy atom. The highest BCUT2D eigenvalue weighted by atomic mass is 16.5. The second kappa shape index (κ2) is 5.75. The first-order chi connectivity index (χ1) is 5.26. The third-order valence-electron chi connectivity index (χ3n) is 1.43. The maximum Gasteiger partial charge on any atom is 0.341 e. The van der Waals surface area contributed by atoms with Gasteiger partial charge in [-0.3, -0.25) is 0 Å². The van der Waals surface area contributed by atoms with Gasteiger partial charge in [0.05, 0.1) is 12.7 Å². The van der Waals surface area contributed by atoms with Gasteiger partial charge in [-0.05, 0) is 12.8 Å². The van der Waals surface area contributed by atoms with Gasteiger partial charge >= 0.3 is 5.97 Å². The first-order valence-electron chi connectivity index (χ1n) is 3.73. The Bertz CT molecular complexity index is 176. The molecule has 0 unspecified atom stereocenters. The fourth-order valence-corrected chi connectivity index (χ4v) is 0.739. The Kier molecular flexibility index (Phi) is 5.22. The van der Waals surface area contributed by atoms with Crippen molar-refractivity contribution in [2.24, 2.45) is 0 Å². The van der Waals surface area contributed by atoms with E-state index in [1.165, 1.54) is 7.11 Å². The lowest BCUT2D eigenvalue weighted by molar-refractivity contribution is -0.136. The van der Waals surface area contributed by atoms with Crippen LogP contribution >= 0.6 is 0 Å². The molecule has 11 heavy (non-hydrogen) atoms. The van der Waals surface area contributed by atoms with Crippen molar-refractivity contribution in [1.82, 2.24) is 0 Å². The van der Waals surface area contributed by atoms with Crippen LogP contribution in [0.3, 0.4) is 0 Å². The third kappa shape index (κ3) is 3.64. The molecule has 0 aliphatic heterocycles. The maximum absolute atomic E-state index is 10.9. The lowest BCUT2D eigenvalue weighted by Crippen LogP contribution is -2.03. The molecule has 0 aromatic carbocycles. The van der Waals surface area contributed by atoms with Gasteiger partial charge in [0.2, 0.25) is 0 Å². The summed E-state index contributed by atoms with van der Waals surface area (Å²) in [4.78, 5) is 10.9. The van der Waals surface area contributed by atoms with Crippen LogP contribution < -0.4 is 0 Å². The SMILES string of the molecule is C=C=C(CCCC)C(=O)OC. The van der Waals surface area contributed by atoms with Crippen LogP contribution in [0.1, 0.15) is 26.2 Å². The molecule has 2 heteroatoms. The molecule has 0 saturated heterocycles. The van der Waals surface area contributed by atoms with Crippen LogP contribution in [0.2, 0.25) is 0 Å². The maximum atomic E-state index is 10.9. The molecule has 0 aliphatic carbocycles. The molecule has 0 saturated carbocycles. The molecule has 0 bridgehead atoms. The van der Waals surface area contributed by atoms with Gasteiger partial charge < -0.3 is 4.74 Å². The van der Waals surface area contributed by atoms with E-state index >= 15 is 0 Å². The second-order valence-electron chi connectivity index (χ2n) is 2.25. The van der Waals surface area contributed by atoms with E-state index in [0.29, 0.717) is 12.0 Å². The summed E-state index contributed by atoms with van der Waals surface area (Å²) in [6.07, 6.45) is 2.75. The summed E-state index contributed by atoms with van der Waals surface area (Å²) in [6, 6.07) is 0. The third-order valence-corrected chi connectivity index (χ3v) is 1.43. The Balaban J connectivity index is 3.98. The van der Waals surface area contributed by atoms with Gasteiger partial charge in [0.15, 0.2) is 0 Å². The highest BCUT2D eigenvalue weighted by Crippen LogP contribution is 2.06. The second-order valence-corrected chi connectivity index (χ2v) is 2.25. The number of hydrogen-bond donors (Lipinski definition) is 0. The van der Waals surface area contributed by atoms with E-state index in [1.807, 2.05) is 0 Å². The van der Waals surface area contributed by atoms with Crippen LogP contribution in [-0.2, 0) is 9.53 Å². The lowest BCUT2D eigenvalue weighted by Gasteiger charge is -1.99. The molecule has 0 aliphatic rings. The molecular formula is C9H14O2. The summed E-state index contributed by atoms with van der Waals surface area (Å²) >= 11 is 0. The molecule has 0 aromatic rings. The van der Waals surface area contributed by atoms with Gasteiger partial charge in [-0.25, -0.2) is 4.79 Å². The topological polar surface area (TPSA) is 26.3 Å². The molecule has 2 nitrogen and oxygen atoms in total. The summed E-state index contributed by atoms with van der Waals surface area (Å²) in [6.45, 7) is 5.49. The minimum Gasteiger partial charge on any atom is -0.465 e. The lowest BCUT2D eigenvalue weighted by atomic mass is 10.1. The largest absolute Gasteiger partial charge is 0.465 e. The van der Waals surface area contributed by atoms with Crippen LogP contribution in [0, 0.1) is 0 Å². The van der Waals surface area contributed by atoms with Crippen molar-refractivity contribution in [3.8, 4) is 0 Å². The van der Waals surface area contributed by atoms with Crippen molar-refractivity contribution in [3.63, 3.8) is 0 Å². The van der Waals surface area contributed by atoms with E-state index in [-0.39, 0.29) is 5.97 Å². The first-order valence-corrected chi connectivity index (χ1v) is 3.73. The average molecular weight is 154 g/mol. The number of carbonyl (C=O) groups is 1. The fourth-order valence-electron chi connectivity index (χ4n) is 0.739. The highest BCUT2D eigenvalue weighted by Gasteiger charge is 2.06. The number of rotatable bonds is 4. The van der Waals surface area contributed by atoms with Gasteiger partial charge in [0.1, 0.15) is 0 Å². The van der Waals surface area contributed by atoms with E-state index in [1.54, 1.807) is 0 Å². The minimum atomic E-state index is -0.312. The zero-order valence-electron chi connectivity index (χ0n) is 7.14. The molecule has 0 spiro atoms. The summed E-state index contributed by atoms with van der Waals surface area (Å²) in [5, 5.41) is 0. The average Bonchev–Trinajstić information content (AvgIpc) is 2.05. The van der Waals surface area contributed by atoms with Gasteiger partial charge in [0, 0.05) is 0 Å². The van der Waals surface area contributed by atoms with E-state index in [4.69, 9.17) is 0 Å². The highest BCUT2D eigenvalue weighted by molar-refractivity contribution is 5.87. The van der Waals surface area contributed by atoms with Crippen LogP contribution in [-0.4, -0.2) is 13.1 Å². The number of carbonyl (C=O) groups excluding carboxylic acids is 1. The van der Waals surface area contributed by atoms with E-state index in [9.17, 15) is 4.79 Å². The standard InChI is InChI=1S/C9H14O2/c1-4-6-7-8(5-2)9(10)11-3/h2,4,6-7H2,1,3H3. The van der Waals surface area contributed by atoms with Crippen LogP contribution in [0.4, 0.5) is 0 Å². The van der Waals surface area contributed by atoms with E-state index in [2.05, 4.69) is 24.0 Å². The molecule has 0 N–H and O–H groups in total. The number of unbranched alkanes of at least 4 members (excludes halogenated alkanes) is 1. The zero-order valence-corrected chi connectivity index (χ0v) is 7.14. The van der Waals surface area contributed by atoms with Crippen molar-refractivity contribution in [1.29, 1.82) is 0 Å². The molecule has 0 aromatic heterocycles. The molecule has 0 rings (SSSR count). The molecule has 0 radical (unpaired) electrons. The Morgan fingerprint density at radius 2 is 2.27 bits per heavy atom. The van der Waals surface area contributed by atoms with Crippen LogP contribution in [0.25, 0.3) is 0 Å². The summed E-state index contributed by atoms with van der Waals surface area (Å²) in [7, 11) is 1.37. The smallest absolute Gasteiger partial charge is 0.341 e. The Labute approximate surface area is 67.6 Å². The number of methoxy groups -OCH3 is 1. The number of esters is 1. The molecule has 0 amide bonds. The van der Waals surface area contributed by atoms with Gasteiger partial charge in [-0.15, -0.1) is 5.73 Å². The number of hydrogen-bond acceptors (Lipinski definition) is 2. The normalized spacial score (nSPS) is 8.55. The molecule has 0 atom stereocenters. The van der Waals surface area contributed by atoms with Crippen molar-refractivity contribution in [2.45, 2.75) is 26.2 Å². The van der Waals surface area contributed by atoms with Crippen molar-refractivity contribution in [2.75, 3.05) is 7.11 Å². The van der Waals surface area contributed by atoms with Crippen LogP contribution in [0.5, 0.6) is 0 Å². The molecule has 62 valence electrons. The monoisotopic (exact) mass is 154 g/mol. The van der Waals surface area contributed by atoms with E-state index < -0.39 is 0 Å². The predicted octanol–water partition coefficient (Wildman–Crippen LogP) is 2.06. The van der Waals surface area contributed by atoms with Crippen LogP contribution in [0.15, 0.2) is 17.9 Å². The summed E-state index contributed by atoms with van der Waals surface area (Å²) < 4.78 is 4.52. The van der Waals surface area contributed by atoms with Crippen molar-refractivity contribution >= 4 is 5.97 Å². The van der Waals surface area contributed by atoms with Crippen molar-refractivity contribution < 1.29 is 9.53 Å². The molecule has 0 heterocycles. The number of ether oxygens (including phenoxy) is 1. The van der Waals surface area contributed by atoms with Gasteiger partial charge in [-0.1, -0.05) is 19.9 Å². The molecule has 0 fully saturated rings. The summed E-state index contributed by atoms with van der Waals surface area (Å²) in [5.74, 6) is -0.312. The van der Waals surface area contributed by atoms with E-state index in [0.717, 1.165) is 12.8 Å². The Morgan fingerprint density at radius 3 is 2.64 bits per heavy atom. The predicted molar refractivity (Wildman–Crippen MR) is 44.2 cm³/mol. The minimum absolute atomic E-state index is 0.312.